The fourth-order valence-corrected chi connectivity index (χ4v) is 3.40. The number of nitrogens with two attached hydrogens (primary N) is 2. The Morgan fingerprint density at radius 2 is 1.94 bits per heavy atom. The number of aromatic nitrogens is 2. The van der Waals surface area contributed by atoms with E-state index in [1.165, 1.54) is 32.1 Å². The lowest BCUT2D eigenvalue weighted by Crippen LogP contribution is -2.09. The molecule has 2 aromatic heterocycles. The zero-order chi connectivity index (χ0) is 12.7. The monoisotopic (exact) mass is 308 g/mol. The van der Waals surface area contributed by atoms with Crippen molar-refractivity contribution in [3.63, 3.8) is 0 Å². The molecule has 1 saturated carbocycles. The number of hydrogen-bond acceptors (Lipinski definition) is 3. The Hall–Kier alpha value is -1.23. The van der Waals surface area contributed by atoms with E-state index in [0.29, 0.717) is 17.4 Å². The molecule has 18 heavy (non-hydrogen) atoms. The molecule has 0 bridgehead atoms. The maximum atomic E-state index is 6.10. The zero-order valence-electron chi connectivity index (χ0n) is 10.2. The lowest BCUT2D eigenvalue weighted by molar-refractivity contribution is 0.436. The molecule has 1 aliphatic carbocycles. The summed E-state index contributed by atoms with van der Waals surface area (Å²) in [7, 11) is 0. The van der Waals surface area contributed by atoms with Gasteiger partial charge in [-0.05, 0) is 34.8 Å². The number of imidazole rings is 1. The highest BCUT2D eigenvalue weighted by molar-refractivity contribution is 9.10. The first-order valence-electron chi connectivity index (χ1n) is 6.39. The molecule has 2 heterocycles. The van der Waals surface area contributed by atoms with Crippen molar-refractivity contribution in [2.75, 3.05) is 11.5 Å². The molecular formula is C13H17BrN4. The van der Waals surface area contributed by atoms with E-state index in [1.807, 2.05) is 12.3 Å². The van der Waals surface area contributed by atoms with Crippen LogP contribution in [0.1, 0.15) is 43.7 Å². The molecule has 0 saturated heterocycles. The van der Waals surface area contributed by atoms with Gasteiger partial charge in [0.25, 0.3) is 0 Å². The van der Waals surface area contributed by atoms with Crippen LogP contribution >= 0.6 is 15.9 Å². The highest BCUT2D eigenvalue weighted by Crippen LogP contribution is 2.37. The third-order valence-electron chi connectivity index (χ3n) is 3.77. The average Bonchev–Trinajstić information content (AvgIpc) is 2.67. The van der Waals surface area contributed by atoms with Gasteiger partial charge in [0.05, 0.1) is 11.4 Å². The molecule has 96 valence electrons. The van der Waals surface area contributed by atoms with E-state index in [-0.39, 0.29) is 0 Å². The molecule has 0 aromatic carbocycles. The second kappa shape index (κ2) is 4.46. The van der Waals surface area contributed by atoms with Gasteiger partial charge in [0, 0.05) is 16.6 Å². The van der Waals surface area contributed by atoms with Crippen molar-refractivity contribution in [1.29, 1.82) is 0 Å². The number of nitrogen functional groups attached to an aromatic ring is 2. The Labute approximate surface area is 115 Å². The van der Waals surface area contributed by atoms with Crippen LogP contribution in [0, 0.1) is 0 Å². The Kier molecular flexibility index (Phi) is 2.93. The van der Waals surface area contributed by atoms with Gasteiger partial charge < -0.3 is 11.5 Å². The van der Waals surface area contributed by atoms with Gasteiger partial charge in [-0.25, -0.2) is 4.98 Å². The largest absolute Gasteiger partial charge is 0.396 e. The van der Waals surface area contributed by atoms with Gasteiger partial charge in [-0.1, -0.05) is 19.3 Å². The normalized spacial score (nSPS) is 17.4. The predicted molar refractivity (Wildman–Crippen MR) is 77.5 cm³/mol. The van der Waals surface area contributed by atoms with Gasteiger partial charge in [-0.3, -0.25) is 4.40 Å². The van der Waals surface area contributed by atoms with Crippen LogP contribution in [0.3, 0.4) is 0 Å². The van der Waals surface area contributed by atoms with Crippen LogP contribution in [0.25, 0.3) is 5.65 Å². The summed E-state index contributed by atoms with van der Waals surface area (Å²) in [5, 5.41) is 0. The number of fused-ring (bicyclic) bond motifs is 1. The lowest BCUT2D eigenvalue weighted by Gasteiger charge is -2.21. The van der Waals surface area contributed by atoms with Crippen molar-refractivity contribution in [3.05, 3.63) is 22.4 Å². The van der Waals surface area contributed by atoms with Gasteiger partial charge in [-0.15, -0.1) is 0 Å². The van der Waals surface area contributed by atoms with Gasteiger partial charge >= 0.3 is 0 Å². The molecule has 0 aliphatic heterocycles. The van der Waals surface area contributed by atoms with Crippen molar-refractivity contribution < 1.29 is 0 Å². The maximum absolute atomic E-state index is 6.10. The van der Waals surface area contributed by atoms with Gasteiger partial charge in [0.15, 0.2) is 5.65 Å². The molecule has 4 nitrogen and oxygen atoms in total. The second-order valence-corrected chi connectivity index (χ2v) is 5.94. The van der Waals surface area contributed by atoms with E-state index in [0.717, 1.165) is 15.8 Å². The van der Waals surface area contributed by atoms with Gasteiger partial charge in [0.1, 0.15) is 5.82 Å². The fraction of sp³-hybridized carbons (Fsp3) is 0.462. The van der Waals surface area contributed by atoms with Crippen LogP contribution in [0.2, 0.25) is 0 Å². The highest BCUT2D eigenvalue weighted by Gasteiger charge is 2.23. The molecule has 5 heteroatoms. The van der Waals surface area contributed by atoms with Gasteiger partial charge in [-0.2, -0.15) is 0 Å². The molecule has 2 aromatic rings. The summed E-state index contributed by atoms with van der Waals surface area (Å²) in [5.41, 5.74) is 14.7. The molecule has 3 rings (SSSR count). The van der Waals surface area contributed by atoms with Crippen LogP contribution in [-0.4, -0.2) is 9.38 Å². The summed E-state index contributed by atoms with van der Waals surface area (Å²) in [5.74, 6) is 1.15. The first-order valence-corrected chi connectivity index (χ1v) is 7.18. The van der Waals surface area contributed by atoms with E-state index < -0.39 is 0 Å². The van der Waals surface area contributed by atoms with Crippen LogP contribution in [-0.2, 0) is 0 Å². The predicted octanol–water partition coefficient (Wildman–Crippen LogP) is 3.31. The third-order valence-corrected chi connectivity index (χ3v) is 4.21. The molecule has 0 spiro atoms. The summed E-state index contributed by atoms with van der Waals surface area (Å²) in [6.45, 7) is 0. The van der Waals surface area contributed by atoms with Crippen molar-refractivity contribution in [2.45, 2.75) is 38.0 Å². The summed E-state index contributed by atoms with van der Waals surface area (Å²) < 4.78 is 3.02. The van der Waals surface area contributed by atoms with Crippen molar-refractivity contribution in [1.82, 2.24) is 9.38 Å². The first-order chi connectivity index (χ1) is 8.66. The SMILES string of the molecule is Nc1nc2c(N)cc(Br)cn2c1C1CCCCC1. The maximum Gasteiger partial charge on any atom is 0.162 e. The van der Waals surface area contributed by atoms with Crippen LogP contribution in [0.15, 0.2) is 16.7 Å². The Balaban J connectivity index is 2.18. The van der Waals surface area contributed by atoms with Crippen molar-refractivity contribution in [3.8, 4) is 0 Å². The zero-order valence-corrected chi connectivity index (χ0v) is 11.8. The lowest BCUT2D eigenvalue weighted by atomic mass is 9.87. The Morgan fingerprint density at radius 3 is 2.67 bits per heavy atom. The van der Waals surface area contributed by atoms with E-state index in [1.54, 1.807) is 0 Å². The van der Waals surface area contributed by atoms with E-state index in [2.05, 4.69) is 25.3 Å². The smallest absolute Gasteiger partial charge is 0.162 e. The molecule has 4 N–H and O–H groups in total. The van der Waals surface area contributed by atoms with Crippen molar-refractivity contribution >= 4 is 33.1 Å². The fourth-order valence-electron chi connectivity index (χ4n) is 2.95. The number of anilines is 2. The van der Waals surface area contributed by atoms with Crippen LogP contribution < -0.4 is 11.5 Å². The third kappa shape index (κ3) is 1.86. The average molecular weight is 309 g/mol. The number of hydrogen-bond donors (Lipinski definition) is 2. The number of pyridine rings is 1. The molecular weight excluding hydrogens is 292 g/mol. The molecule has 1 aliphatic rings. The molecule has 0 atom stereocenters. The second-order valence-electron chi connectivity index (χ2n) is 5.02. The highest BCUT2D eigenvalue weighted by atomic mass is 79.9. The Morgan fingerprint density at radius 1 is 1.22 bits per heavy atom. The minimum absolute atomic E-state index is 0.516. The molecule has 0 unspecified atom stereocenters. The molecule has 0 amide bonds. The van der Waals surface area contributed by atoms with Gasteiger partial charge in [0.2, 0.25) is 0 Å². The van der Waals surface area contributed by atoms with E-state index in [4.69, 9.17) is 11.5 Å². The first kappa shape index (κ1) is 11.8. The minimum atomic E-state index is 0.516. The van der Waals surface area contributed by atoms with Crippen LogP contribution in [0.4, 0.5) is 11.5 Å². The van der Waals surface area contributed by atoms with Crippen LogP contribution in [0.5, 0.6) is 0 Å². The summed E-state index contributed by atoms with van der Waals surface area (Å²) in [4.78, 5) is 4.42. The quantitative estimate of drug-likeness (QED) is 0.849. The topological polar surface area (TPSA) is 69.3 Å². The summed E-state index contributed by atoms with van der Waals surface area (Å²) >= 11 is 3.48. The Bertz CT molecular complexity index is 584. The standard InChI is InChI=1S/C13H17BrN4/c14-9-6-10(15)13-17-12(16)11(18(13)7-9)8-4-2-1-3-5-8/h6-8H,1-5,15-16H2. The van der Waals surface area contributed by atoms with Crippen molar-refractivity contribution in [2.24, 2.45) is 0 Å². The summed E-state index contributed by atoms with van der Waals surface area (Å²) in [6.07, 6.45) is 8.30. The molecule has 0 radical (unpaired) electrons. The number of rotatable bonds is 1. The summed E-state index contributed by atoms with van der Waals surface area (Å²) in [6, 6.07) is 1.87. The number of halogens is 1. The van der Waals surface area contributed by atoms with E-state index >= 15 is 0 Å². The number of nitrogens with zero attached hydrogens (tertiary/aromatic N) is 2. The molecule has 1 fully saturated rings. The van der Waals surface area contributed by atoms with E-state index in [9.17, 15) is 0 Å². The minimum Gasteiger partial charge on any atom is -0.396 e.